The summed E-state index contributed by atoms with van der Waals surface area (Å²) < 4.78 is 25.3. The molecule has 1 fully saturated rings. The molecule has 1 heterocycles. The second kappa shape index (κ2) is 6.09. The fourth-order valence-electron chi connectivity index (χ4n) is 3.91. The van der Waals surface area contributed by atoms with E-state index in [4.69, 9.17) is 11.6 Å². The quantitative estimate of drug-likeness (QED) is 0.833. The molecule has 6 heteroatoms. The minimum atomic E-state index is -3.01. The van der Waals surface area contributed by atoms with Gasteiger partial charge in [-0.05, 0) is 66.1 Å². The van der Waals surface area contributed by atoms with E-state index in [1.165, 1.54) is 16.7 Å². The Kier molecular flexibility index (Phi) is 4.15. The van der Waals surface area contributed by atoms with Gasteiger partial charge in [-0.1, -0.05) is 35.9 Å². The van der Waals surface area contributed by atoms with Crippen LogP contribution in [-0.2, 0) is 35.9 Å². The van der Waals surface area contributed by atoms with Crippen molar-refractivity contribution in [2.24, 2.45) is 0 Å². The summed E-state index contributed by atoms with van der Waals surface area (Å²) in [5, 5.41) is 9.61. The van der Waals surface area contributed by atoms with Crippen LogP contribution in [0.5, 0.6) is 0 Å². The lowest BCUT2D eigenvalue weighted by Crippen LogP contribution is -2.20. The number of halogens is 1. The Morgan fingerprint density at radius 2 is 1.76 bits per heavy atom. The number of rotatable bonds is 4. The normalized spacial score (nSPS) is 26.4. The maximum Gasteiger partial charge on any atom is 0.232 e. The van der Waals surface area contributed by atoms with Crippen LogP contribution in [0.15, 0.2) is 36.4 Å². The van der Waals surface area contributed by atoms with Gasteiger partial charge in [-0.2, -0.15) is 4.31 Å². The SMILES string of the molecule is CC1N([C@H]2Cc3ccc(Cc4cc(Cl)cc(CO)c4)cc3C2)S1(=O)=O. The molecule has 0 saturated carbocycles. The smallest absolute Gasteiger partial charge is 0.232 e. The molecule has 1 saturated heterocycles. The van der Waals surface area contributed by atoms with E-state index in [9.17, 15) is 13.5 Å². The van der Waals surface area contributed by atoms with Gasteiger partial charge in [0.25, 0.3) is 0 Å². The number of aliphatic hydroxyl groups excluding tert-OH is 1. The van der Waals surface area contributed by atoms with Crippen LogP contribution in [0.2, 0.25) is 5.02 Å². The van der Waals surface area contributed by atoms with Crippen molar-refractivity contribution in [3.63, 3.8) is 0 Å². The third-order valence-electron chi connectivity index (χ3n) is 5.19. The van der Waals surface area contributed by atoms with Gasteiger partial charge < -0.3 is 5.11 Å². The Morgan fingerprint density at radius 3 is 2.44 bits per heavy atom. The van der Waals surface area contributed by atoms with Gasteiger partial charge >= 0.3 is 0 Å². The van der Waals surface area contributed by atoms with E-state index < -0.39 is 10.0 Å². The number of hydrogen-bond acceptors (Lipinski definition) is 3. The molecule has 132 valence electrons. The van der Waals surface area contributed by atoms with Crippen molar-refractivity contribution in [3.8, 4) is 0 Å². The van der Waals surface area contributed by atoms with E-state index in [2.05, 4.69) is 18.2 Å². The Bertz CT molecular complexity index is 942. The van der Waals surface area contributed by atoms with Crippen molar-refractivity contribution >= 4 is 21.6 Å². The molecule has 1 aliphatic heterocycles. The molecule has 2 aromatic rings. The average molecular weight is 378 g/mol. The summed E-state index contributed by atoms with van der Waals surface area (Å²) in [5.41, 5.74) is 5.52. The molecule has 0 spiro atoms. The molecule has 1 N–H and O–H groups in total. The third kappa shape index (κ3) is 3.10. The molecule has 0 aromatic heterocycles. The lowest BCUT2D eigenvalue weighted by atomic mass is 9.99. The molecular formula is C19H20ClNO3S. The summed E-state index contributed by atoms with van der Waals surface area (Å²) in [6.07, 6.45) is 2.32. The molecule has 0 bridgehead atoms. The van der Waals surface area contributed by atoms with E-state index in [1.807, 2.05) is 12.1 Å². The van der Waals surface area contributed by atoms with Crippen LogP contribution < -0.4 is 0 Å². The maximum absolute atomic E-state index is 11.8. The van der Waals surface area contributed by atoms with Gasteiger partial charge in [-0.15, -0.1) is 0 Å². The van der Waals surface area contributed by atoms with Crippen molar-refractivity contribution in [1.82, 2.24) is 4.31 Å². The topological polar surface area (TPSA) is 57.4 Å². The Labute approximate surface area is 153 Å². The standard InChI is InChI=1S/C19H20ClNO3S/c1-12-21(25(12,23)24)19-9-16-3-2-13(6-17(16)10-19)4-14-5-15(11-22)8-18(20)7-14/h2-3,5-8,12,19,22H,4,9-11H2,1H3/t12?,19-,21?/m0/s1. The van der Waals surface area contributed by atoms with Crippen molar-refractivity contribution in [2.45, 2.75) is 44.2 Å². The van der Waals surface area contributed by atoms with E-state index in [0.717, 1.165) is 30.4 Å². The first-order valence-electron chi connectivity index (χ1n) is 8.40. The van der Waals surface area contributed by atoms with Crippen molar-refractivity contribution in [1.29, 1.82) is 0 Å². The zero-order valence-corrected chi connectivity index (χ0v) is 15.5. The predicted molar refractivity (Wildman–Crippen MR) is 98.0 cm³/mol. The minimum absolute atomic E-state index is 0.0259. The summed E-state index contributed by atoms with van der Waals surface area (Å²) in [5.74, 6) is 0. The average Bonchev–Trinajstić information content (AvgIpc) is 2.90. The maximum atomic E-state index is 11.8. The van der Waals surface area contributed by atoms with Crippen molar-refractivity contribution < 1.29 is 13.5 Å². The summed E-state index contributed by atoms with van der Waals surface area (Å²) in [6.45, 7) is 1.73. The van der Waals surface area contributed by atoms with Crippen LogP contribution in [0.1, 0.15) is 34.7 Å². The van der Waals surface area contributed by atoms with Gasteiger partial charge in [0.1, 0.15) is 5.37 Å². The van der Waals surface area contributed by atoms with E-state index in [0.29, 0.717) is 5.02 Å². The van der Waals surface area contributed by atoms with Gasteiger partial charge in [-0.3, -0.25) is 0 Å². The summed E-state index contributed by atoms with van der Waals surface area (Å²) in [6, 6.07) is 12.1. The Hall–Kier alpha value is -1.40. The molecule has 2 unspecified atom stereocenters. The number of aliphatic hydroxyl groups is 1. The van der Waals surface area contributed by atoms with Crippen LogP contribution in [0.3, 0.4) is 0 Å². The van der Waals surface area contributed by atoms with Gasteiger partial charge in [-0.25, -0.2) is 8.42 Å². The van der Waals surface area contributed by atoms with E-state index >= 15 is 0 Å². The fraction of sp³-hybridized carbons (Fsp3) is 0.368. The van der Waals surface area contributed by atoms with Crippen LogP contribution in [0.4, 0.5) is 0 Å². The van der Waals surface area contributed by atoms with Crippen LogP contribution >= 0.6 is 11.6 Å². The summed E-state index contributed by atoms with van der Waals surface area (Å²) in [7, 11) is -3.01. The molecule has 0 amide bonds. The molecule has 25 heavy (non-hydrogen) atoms. The van der Waals surface area contributed by atoms with E-state index in [1.54, 1.807) is 17.3 Å². The number of benzene rings is 2. The van der Waals surface area contributed by atoms with Gasteiger partial charge in [0.2, 0.25) is 10.0 Å². The molecule has 3 atom stereocenters. The monoisotopic (exact) mass is 377 g/mol. The zero-order chi connectivity index (χ0) is 17.8. The molecule has 4 rings (SSSR count). The first kappa shape index (κ1) is 17.0. The molecular weight excluding hydrogens is 358 g/mol. The molecule has 1 aliphatic carbocycles. The molecule has 4 nitrogen and oxygen atoms in total. The molecule has 2 aliphatic rings. The molecule has 2 aromatic carbocycles. The lowest BCUT2D eigenvalue weighted by molar-refractivity contribution is 0.282. The van der Waals surface area contributed by atoms with Gasteiger partial charge in [0.05, 0.1) is 6.61 Å². The number of sulfonamides is 1. The van der Waals surface area contributed by atoms with Crippen LogP contribution in [0.25, 0.3) is 0 Å². The summed E-state index contributed by atoms with van der Waals surface area (Å²) >= 11 is 6.12. The predicted octanol–water partition coefficient (Wildman–Crippen LogP) is 2.88. The van der Waals surface area contributed by atoms with Crippen molar-refractivity contribution in [2.75, 3.05) is 0 Å². The Balaban J connectivity index is 1.53. The van der Waals surface area contributed by atoms with Crippen molar-refractivity contribution in [3.05, 3.63) is 69.2 Å². The Morgan fingerprint density at radius 1 is 1.08 bits per heavy atom. The zero-order valence-electron chi connectivity index (χ0n) is 13.9. The number of hydrogen-bond donors (Lipinski definition) is 1. The second-order valence-corrected chi connectivity index (χ2v) is 9.51. The van der Waals surface area contributed by atoms with Gasteiger partial charge in [0.15, 0.2) is 0 Å². The number of fused-ring (bicyclic) bond motifs is 1. The minimum Gasteiger partial charge on any atom is -0.392 e. The highest BCUT2D eigenvalue weighted by Gasteiger charge is 2.55. The second-order valence-electron chi connectivity index (χ2n) is 6.94. The van der Waals surface area contributed by atoms with Crippen LogP contribution in [0, 0.1) is 0 Å². The highest BCUT2D eigenvalue weighted by atomic mass is 35.5. The third-order valence-corrected chi connectivity index (χ3v) is 7.48. The van der Waals surface area contributed by atoms with Crippen LogP contribution in [-0.4, -0.2) is 29.2 Å². The number of nitrogens with zero attached hydrogens (tertiary/aromatic N) is 1. The fourth-order valence-corrected chi connectivity index (χ4v) is 5.78. The highest BCUT2D eigenvalue weighted by molar-refractivity contribution is 7.95. The highest BCUT2D eigenvalue weighted by Crippen LogP contribution is 2.39. The van der Waals surface area contributed by atoms with Gasteiger partial charge in [0, 0.05) is 11.1 Å². The lowest BCUT2D eigenvalue weighted by Gasteiger charge is -2.08. The molecule has 0 radical (unpaired) electrons. The first-order valence-corrected chi connectivity index (χ1v) is 10.3. The van der Waals surface area contributed by atoms with E-state index in [-0.39, 0.29) is 18.0 Å². The largest absolute Gasteiger partial charge is 0.392 e. The summed E-state index contributed by atoms with van der Waals surface area (Å²) in [4.78, 5) is 0. The first-order chi connectivity index (χ1) is 11.9.